The van der Waals surface area contributed by atoms with Crippen LogP contribution in [-0.2, 0) is 11.4 Å². The van der Waals surface area contributed by atoms with Crippen LogP contribution in [0.15, 0.2) is 28.7 Å². The number of halogens is 2. The van der Waals surface area contributed by atoms with Gasteiger partial charge in [-0.25, -0.2) is 0 Å². The average Bonchev–Trinajstić information content (AvgIpc) is 2.25. The van der Waals surface area contributed by atoms with Gasteiger partial charge in [0.2, 0.25) is 0 Å². The summed E-state index contributed by atoms with van der Waals surface area (Å²) >= 11 is -1.33. The van der Waals surface area contributed by atoms with Crippen molar-refractivity contribution in [3.63, 3.8) is 0 Å². The molecule has 6 heteroatoms. The number of ether oxygens (including phenoxy) is 1. The normalized spacial score (nSPS) is 14.2. The van der Waals surface area contributed by atoms with E-state index in [1.54, 1.807) is 12.1 Å². The average molecular weight is 275 g/mol. The molecular formula is C12H15F2NO2S. The van der Waals surface area contributed by atoms with Gasteiger partial charge < -0.3 is 9.29 Å². The van der Waals surface area contributed by atoms with Crippen LogP contribution >= 0.6 is 0 Å². The Labute approximate surface area is 108 Å². The molecule has 1 unspecified atom stereocenters. The molecule has 0 bridgehead atoms. The quantitative estimate of drug-likeness (QED) is 0.626. The van der Waals surface area contributed by atoms with Gasteiger partial charge in [-0.05, 0) is 50.6 Å². The molecule has 0 N–H and O–H groups in total. The summed E-state index contributed by atoms with van der Waals surface area (Å²) in [5.74, 6) is 0.0825. The molecule has 18 heavy (non-hydrogen) atoms. The van der Waals surface area contributed by atoms with Crippen LogP contribution in [0.4, 0.5) is 8.78 Å². The first-order valence-electron chi connectivity index (χ1n) is 5.30. The van der Waals surface area contributed by atoms with Crippen molar-refractivity contribution in [3.8, 4) is 5.75 Å². The molecular weight excluding hydrogens is 260 g/mol. The Balaban J connectivity index is 2.66. The first kappa shape index (κ1) is 14.9. The molecule has 0 spiro atoms. The van der Waals surface area contributed by atoms with Gasteiger partial charge in [0.05, 0.1) is 6.21 Å². The predicted molar refractivity (Wildman–Crippen MR) is 68.6 cm³/mol. The second-order valence-corrected chi connectivity index (χ2v) is 6.48. The summed E-state index contributed by atoms with van der Waals surface area (Å²) in [4.78, 5) is 0. The second kappa shape index (κ2) is 6.15. The number of alkyl halides is 2. The van der Waals surface area contributed by atoms with Crippen LogP contribution in [0.3, 0.4) is 0 Å². The molecule has 1 rings (SSSR count). The number of hydrogen-bond donors (Lipinski definition) is 0. The van der Waals surface area contributed by atoms with Crippen LogP contribution in [0.5, 0.6) is 5.75 Å². The molecule has 0 aliphatic heterocycles. The van der Waals surface area contributed by atoms with E-state index in [0.29, 0.717) is 5.56 Å². The maximum absolute atomic E-state index is 11.9. The van der Waals surface area contributed by atoms with Gasteiger partial charge in [0.15, 0.2) is 0 Å². The van der Waals surface area contributed by atoms with Gasteiger partial charge >= 0.3 is 6.61 Å². The summed E-state index contributed by atoms with van der Waals surface area (Å²) in [5, 5.41) is 0. The van der Waals surface area contributed by atoms with Gasteiger partial charge in [-0.1, -0.05) is 4.40 Å². The summed E-state index contributed by atoms with van der Waals surface area (Å²) < 4.78 is 43.2. The third-order valence-corrected chi connectivity index (χ3v) is 3.27. The minimum Gasteiger partial charge on any atom is -0.591 e. The Kier molecular flexibility index (Phi) is 5.10. The van der Waals surface area contributed by atoms with Crippen molar-refractivity contribution in [3.05, 3.63) is 29.8 Å². The maximum atomic E-state index is 11.9. The summed E-state index contributed by atoms with van der Waals surface area (Å²) in [5.41, 5.74) is 0.675. The highest BCUT2D eigenvalue weighted by Gasteiger charge is 2.25. The second-order valence-electron chi connectivity index (χ2n) is 4.54. The number of hydrogen-bond acceptors (Lipinski definition) is 3. The Morgan fingerprint density at radius 3 is 2.28 bits per heavy atom. The monoisotopic (exact) mass is 275 g/mol. The third kappa shape index (κ3) is 5.01. The zero-order chi connectivity index (χ0) is 13.8. The first-order valence-corrected chi connectivity index (χ1v) is 6.40. The van der Waals surface area contributed by atoms with Gasteiger partial charge in [0, 0.05) is 0 Å². The van der Waals surface area contributed by atoms with E-state index in [0.717, 1.165) is 0 Å². The van der Waals surface area contributed by atoms with Crippen molar-refractivity contribution in [2.45, 2.75) is 32.1 Å². The van der Waals surface area contributed by atoms with Gasteiger partial charge in [-0.2, -0.15) is 8.78 Å². The zero-order valence-electron chi connectivity index (χ0n) is 10.4. The summed E-state index contributed by atoms with van der Waals surface area (Å²) in [6, 6.07) is 5.96. The molecule has 0 radical (unpaired) electrons. The Morgan fingerprint density at radius 1 is 1.28 bits per heavy atom. The van der Waals surface area contributed by atoms with Crippen molar-refractivity contribution in [2.24, 2.45) is 4.40 Å². The fourth-order valence-corrected chi connectivity index (χ4v) is 1.54. The van der Waals surface area contributed by atoms with Gasteiger partial charge in [-0.3, -0.25) is 0 Å². The van der Waals surface area contributed by atoms with Crippen LogP contribution in [0.1, 0.15) is 26.3 Å². The standard InChI is InChI=1S/C12H15F2NO2S/c1-12(2,3)18(16)15-8-9-4-6-10(7-5-9)17-11(13)14/h4-8,11H,1-3H3. The van der Waals surface area contributed by atoms with Crippen molar-refractivity contribution < 1.29 is 18.1 Å². The van der Waals surface area contributed by atoms with Crippen molar-refractivity contribution in [1.82, 2.24) is 0 Å². The smallest absolute Gasteiger partial charge is 0.387 e. The lowest BCUT2D eigenvalue weighted by Gasteiger charge is -2.17. The lowest BCUT2D eigenvalue weighted by atomic mass is 10.2. The van der Waals surface area contributed by atoms with Crippen molar-refractivity contribution in [2.75, 3.05) is 0 Å². The minimum absolute atomic E-state index is 0.0825. The highest BCUT2D eigenvalue weighted by molar-refractivity contribution is 7.91. The molecule has 0 fully saturated rings. The van der Waals surface area contributed by atoms with Crippen LogP contribution in [0.25, 0.3) is 0 Å². The molecule has 1 aromatic rings. The molecule has 0 heterocycles. The van der Waals surface area contributed by atoms with Crippen LogP contribution in [-0.4, -0.2) is 22.1 Å². The van der Waals surface area contributed by atoms with Gasteiger partial charge in [-0.15, -0.1) is 0 Å². The molecule has 0 aliphatic rings. The predicted octanol–water partition coefficient (Wildman–Crippen LogP) is 3.17. The summed E-state index contributed by atoms with van der Waals surface area (Å²) in [7, 11) is 0. The molecule has 1 atom stereocenters. The van der Waals surface area contributed by atoms with E-state index in [1.165, 1.54) is 18.3 Å². The van der Waals surface area contributed by atoms with E-state index in [2.05, 4.69) is 9.13 Å². The van der Waals surface area contributed by atoms with E-state index in [-0.39, 0.29) is 5.75 Å². The van der Waals surface area contributed by atoms with E-state index in [4.69, 9.17) is 0 Å². The fraction of sp³-hybridized carbons (Fsp3) is 0.417. The zero-order valence-corrected chi connectivity index (χ0v) is 11.2. The van der Waals surface area contributed by atoms with Crippen LogP contribution in [0.2, 0.25) is 0 Å². The molecule has 100 valence electrons. The highest BCUT2D eigenvalue weighted by Crippen LogP contribution is 2.18. The molecule has 0 saturated heterocycles. The van der Waals surface area contributed by atoms with E-state index >= 15 is 0 Å². The summed E-state index contributed by atoms with van der Waals surface area (Å²) in [6.07, 6.45) is 1.45. The number of rotatable bonds is 4. The van der Waals surface area contributed by atoms with Crippen LogP contribution < -0.4 is 4.74 Å². The molecule has 3 nitrogen and oxygen atoms in total. The van der Waals surface area contributed by atoms with Crippen molar-refractivity contribution in [1.29, 1.82) is 0 Å². The largest absolute Gasteiger partial charge is 0.591 e. The number of nitrogens with zero attached hydrogens (tertiary/aromatic N) is 1. The molecule has 1 aromatic carbocycles. The number of benzene rings is 1. The SMILES string of the molecule is CC(C)(C)[S+]([O-])N=Cc1ccc(OC(F)F)cc1. The highest BCUT2D eigenvalue weighted by atomic mass is 32.2. The lowest BCUT2D eigenvalue weighted by Crippen LogP contribution is -2.25. The topological polar surface area (TPSA) is 44.7 Å². The van der Waals surface area contributed by atoms with E-state index in [9.17, 15) is 13.3 Å². The van der Waals surface area contributed by atoms with Crippen molar-refractivity contribution >= 4 is 17.6 Å². The van der Waals surface area contributed by atoms with E-state index < -0.39 is 22.7 Å². The summed E-state index contributed by atoms with van der Waals surface area (Å²) in [6.45, 7) is 2.62. The first-order chi connectivity index (χ1) is 8.29. The molecule has 0 aromatic heterocycles. The Morgan fingerprint density at radius 2 is 1.83 bits per heavy atom. The fourth-order valence-electron chi connectivity index (χ4n) is 1.00. The Bertz CT molecular complexity index is 402. The van der Waals surface area contributed by atoms with Gasteiger partial charge in [0.25, 0.3) is 0 Å². The maximum Gasteiger partial charge on any atom is 0.387 e. The lowest BCUT2D eigenvalue weighted by molar-refractivity contribution is -0.0498. The molecule has 0 amide bonds. The Hall–Kier alpha value is -1.14. The third-order valence-electron chi connectivity index (χ3n) is 1.93. The van der Waals surface area contributed by atoms with Crippen LogP contribution in [0, 0.1) is 0 Å². The van der Waals surface area contributed by atoms with E-state index in [1.807, 2.05) is 20.8 Å². The molecule has 0 saturated carbocycles. The minimum atomic E-state index is -2.84. The molecule has 0 aliphatic carbocycles. The van der Waals surface area contributed by atoms with Gasteiger partial charge in [0.1, 0.15) is 21.9 Å².